The van der Waals surface area contributed by atoms with Gasteiger partial charge in [0, 0.05) is 45.8 Å². The van der Waals surface area contributed by atoms with E-state index in [1.807, 2.05) is 53.8 Å². The van der Waals surface area contributed by atoms with Crippen molar-refractivity contribution in [1.82, 2.24) is 9.47 Å². The summed E-state index contributed by atoms with van der Waals surface area (Å²) in [5.74, 6) is 0.219. The molecule has 1 saturated heterocycles. The zero-order chi connectivity index (χ0) is 22.7. The first-order valence-corrected chi connectivity index (χ1v) is 11.9. The Morgan fingerprint density at radius 3 is 2.62 bits per heavy atom. The Bertz CT molecular complexity index is 1120. The van der Waals surface area contributed by atoms with E-state index < -0.39 is 0 Å². The predicted molar refractivity (Wildman–Crippen MR) is 129 cm³/mol. The molecule has 1 aliphatic heterocycles. The minimum absolute atomic E-state index is 0.0354. The SMILES string of the molecule is C[C@H]1CN(C(=O)Cn2cc(SCC(=O)Nc3cccc(Cl)c3)c3ccccc32)C[C@H](C)O1. The van der Waals surface area contributed by atoms with Gasteiger partial charge in [0.1, 0.15) is 6.54 Å². The minimum Gasteiger partial charge on any atom is -0.372 e. The smallest absolute Gasteiger partial charge is 0.242 e. The molecule has 1 aliphatic rings. The van der Waals surface area contributed by atoms with Gasteiger partial charge >= 0.3 is 0 Å². The Morgan fingerprint density at radius 2 is 1.88 bits per heavy atom. The average molecular weight is 472 g/mol. The highest BCUT2D eigenvalue weighted by molar-refractivity contribution is 8.00. The first kappa shape index (κ1) is 22.7. The number of morpholine rings is 1. The number of benzene rings is 2. The molecule has 0 radical (unpaired) electrons. The predicted octanol–water partition coefficient (Wildman–Crippen LogP) is 4.66. The molecule has 0 bridgehead atoms. The molecular formula is C24H26ClN3O3S. The van der Waals surface area contributed by atoms with Gasteiger partial charge < -0.3 is 19.5 Å². The zero-order valence-corrected chi connectivity index (χ0v) is 19.7. The molecule has 2 atom stereocenters. The number of amides is 2. The number of para-hydroxylation sites is 1. The summed E-state index contributed by atoms with van der Waals surface area (Å²) in [5, 5.41) is 4.48. The number of hydrogen-bond donors (Lipinski definition) is 1. The van der Waals surface area contributed by atoms with Crippen LogP contribution in [0.25, 0.3) is 10.9 Å². The van der Waals surface area contributed by atoms with Gasteiger partial charge in [-0.15, -0.1) is 11.8 Å². The molecule has 2 aromatic carbocycles. The van der Waals surface area contributed by atoms with E-state index in [0.29, 0.717) is 23.8 Å². The molecule has 8 heteroatoms. The Kier molecular flexibility index (Phi) is 7.08. The van der Waals surface area contributed by atoms with Crippen LogP contribution >= 0.6 is 23.4 Å². The van der Waals surface area contributed by atoms with Gasteiger partial charge in [0.2, 0.25) is 11.8 Å². The molecule has 2 amide bonds. The van der Waals surface area contributed by atoms with Crippen LogP contribution in [0.15, 0.2) is 59.6 Å². The average Bonchev–Trinajstić information content (AvgIpc) is 3.09. The van der Waals surface area contributed by atoms with Crippen molar-refractivity contribution in [3.05, 3.63) is 59.8 Å². The summed E-state index contributed by atoms with van der Waals surface area (Å²) in [7, 11) is 0. The van der Waals surface area contributed by atoms with E-state index in [-0.39, 0.29) is 36.3 Å². The molecule has 2 heterocycles. The Morgan fingerprint density at radius 1 is 1.12 bits per heavy atom. The summed E-state index contributed by atoms with van der Waals surface area (Å²) in [5.41, 5.74) is 1.65. The van der Waals surface area contributed by atoms with Crippen LogP contribution in [0, 0.1) is 0 Å². The molecule has 0 unspecified atom stereocenters. The van der Waals surface area contributed by atoms with Gasteiger partial charge in [-0.25, -0.2) is 0 Å². The molecule has 32 heavy (non-hydrogen) atoms. The van der Waals surface area contributed by atoms with Crippen molar-refractivity contribution in [2.24, 2.45) is 0 Å². The molecule has 4 rings (SSSR count). The summed E-state index contributed by atoms with van der Waals surface area (Å²) in [4.78, 5) is 28.3. The number of ether oxygens (including phenoxy) is 1. The first-order valence-electron chi connectivity index (χ1n) is 10.6. The summed E-state index contributed by atoms with van der Waals surface area (Å²) in [6, 6.07) is 15.0. The number of fused-ring (bicyclic) bond motifs is 1. The van der Waals surface area contributed by atoms with Crippen LogP contribution in [0.2, 0.25) is 5.02 Å². The van der Waals surface area contributed by atoms with Crippen LogP contribution in [0.1, 0.15) is 13.8 Å². The van der Waals surface area contributed by atoms with Crippen LogP contribution in [0.5, 0.6) is 0 Å². The first-order chi connectivity index (χ1) is 15.4. The van der Waals surface area contributed by atoms with Crippen molar-refractivity contribution < 1.29 is 14.3 Å². The van der Waals surface area contributed by atoms with Crippen molar-refractivity contribution in [2.45, 2.75) is 37.5 Å². The van der Waals surface area contributed by atoms with E-state index >= 15 is 0 Å². The number of anilines is 1. The number of thioether (sulfide) groups is 1. The largest absolute Gasteiger partial charge is 0.372 e. The maximum atomic E-state index is 13.0. The lowest BCUT2D eigenvalue weighted by molar-refractivity contribution is -0.143. The van der Waals surface area contributed by atoms with E-state index in [2.05, 4.69) is 5.32 Å². The fraction of sp³-hybridized carbons (Fsp3) is 0.333. The van der Waals surface area contributed by atoms with Gasteiger partial charge in [-0.05, 0) is 38.1 Å². The second-order valence-corrected chi connectivity index (χ2v) is 9.50. The number of carbonyl (C=O) groups excluding carboxylic acids is 2. The molecule has 0 aliphatic carbocycles. The van der Waals surface area contributed by atoms with Gasteiger partial charge in [0.25, 0.3) is 0 Å². The molecule has 1 fully saturated rings. The van der Waals surface area contributed by atoms with Crippen LogP contribution in [0.3, 0.4) is 0 Å². The Balaban J connectivity index is 1.45. The van der Waals surface area contributed by atoms with Gasteiger partial charge in [-0.2, -0.15) is 0 Å². The quantitative estimate of drug-likeness (QED) is 0.531. The summed E-state index contributed by atoms with van der Waals surface area (Å²) in [6.07, 6.45) is 2.04. The molecular weight excluding hydrogens is 446 g/mol. The third kappa shape index (κ3) is 5.46. The molecule has 0 saturated carbocycles. The van der Waals surface area contributed by atoms with Gasteiger partial charge in [-0.1, -0.05) is 35.9 Å². The number of hydrogen-bond acceptors (Lipinski definition) is 4. The number of carbonyl (C=O) groups is 2. The maximum absolute atomic E-state index is 13.0. The lowest BCUT2D eigenvalue weighted by Gasteiger charge is -2.35. The zero-order valence-electron chi connectivity index (χ0n) is 18.1. The van der Waals surface area contributed by atoms with E-state index in [1.165, 1.54) is 11.8 Å². The Labute approximate surface area is 196 Å². The fourth-order valence-electron chi connectivity index (χ4n) is 3.99. The third-order valence-corrected chi connectivity index (χ3v) is 6.58. The molecule has 1 aromatic heterocycles. The third-order valence-electron chi connectivity index (χ3n) is 5.30. The molecule has 6 nitrogen and oxygen atoms in total. The van der Waals surface area contributed by atoms with Gasteiger partial charge in [0.05, 0.1) is 18.0 Å². The topological polar surface area (TPSA) is 63.6 Å². The van der Waals surface area contributed by atoms with Crippen LogP contribution in [-0.4, -0.2) is 52.3 Å². The standard InChI is InChI=1S/C24H26ClN3O3S/c1-16-11-28(12-17(2)31-16)24(30)14-27-13-22(20-8-3-4-9-21(20)27)32-15-23(29)26-19-7-5-6-18(25)10-19/h3-10,13,16-17H,11-12,14-15H2,1-2H3,(H,26,29)/t16-,17-/m0/s1. The summed E-state index contributed by atoms with van der Waals surface area (Å²) < 4.78 is 7.72. The van der Waals surface area contributed by atoms with E-state index in [1.54, 1.807) is 24.3 Å². The van der Waals surface area contributed by atoms with E-state index in [0.717, 1.165) is 15.8 Å². The van der Waals surface area contributed by atoms with Crippen LogP contribution < -0.4 is 5.32 Å². The van der Waals surface area contributed by atoms with Crippen molar-refractivity contribution >= 4 is 51.8 Å². The van der Waals surface area contributed by atoms with Crippen molar-refractivity contribution in [3.63, 3.8) is 0 Å². The number of rotatable bonds is 6. The van der Waals surface area contributed by atoms with Crippen molar-refractivity contribution in [3.8, 4) is 0 Å². The normalized spacial score (nSPS) is 18.7. The lowest BCUT2D eigenvalue weighted by Crippen LogP contribution is -2.49. The fourth-order valence-corrected chi connectivity index (χ4v) is 5.07. The monoisotopic (exact) mass is 471 g/mol. The maximum Gasteiger partial charge on any atom is 0.242 e. The van der Waals surface area contributed by atoms with Crippen LogP contribution in [0.4, 0.5) is 5.69 Å². The Hall–Kier alpha value is -2.48. The van der Waals surface area contributed by atoms with Gasteiger partial charge in [-0.3, -0.25) is 9.59 Å². The molecule has 1 N–H and O–H groups in total. The number of nitrogens with one attached hydrogen (secondary N) is 1. The number of nitrogens with zero attached hydrogens (tertiary/aromatic N) is 2. The highest BCUT2D eigenvalue weighted by Gasteiger charge is 2.26. The van der Waals surface area contributed by atoms with Crippen molar-refractivity contribution in [2.75, 3.05) is 24.2 Å². The van der Waals surface area contributed by atoms with Crippen LogP contribution in [-0.2, 0) is 20.9 Å². The highest BCUT2D eigenvalue weighted by Crippen LogP contribution is 2.30. The molecule has 0 spiro atoms. The second-order valence-electron chi connectivity index (χ2n) is 8.04. The highest BCUT2D eigenvalue weighted by atomic mass is 35.5. The van der Waals surface area contributed by atoms with Crippen molar-refractivity contribution in [1.29, 1.82) is 0 Å². The molecule has 3 aromatic rings. The van der Waals surface area contributed by atoms with Gasteiger partial charge in [0.15, 0.2) is 0 Å². The van der Waals surface area contributed by atoms with E-state index in [9.17, 15) is 9.59 Å². The summed E-state index contributed by atoms with van der Waals surface area (Å²) >= 11 is 7.44. The van der Waals surface area contributed by atoms with E-state index in [4.69, 9.17) is 16.3 Å². The molecule has 168 valence electrons. The number of aromatic nitrogens is 1. The minimum atomic E-state index is -0.110. The number of halogens is 1. The second kappa shape index (κ2) is 9.98. The lowest BCUT2D eigenvalue weighted by atomic mass is 10.2. The summed E-state index contributed by atoms with van der Waals surface area (Å²) in [6.45, 7) is 5.45.